The lowest BCUT2D eigenvalue weighted by Gasteiger charge is -1.87. The Morgan fingerprint density at radius 3 is 3.15 bits per heavy atom. The fraction of sp³-hybridized carbons (Fsp3) is 0.222. The number of H-pyrrole nitrogens is 1. The minimum absolute atomic E-state index is 0.230. The van der Waals surface area contributed by atoms with Crippen LogP contribution in [0.5, 0.6) is 0 Å². The second-order valence-electron chi connectivity index (χ2n) is 2.78. The zero-order valence-corrected chi connectivity index (χ0v) is 7.99. The number of aromatic nitrogens is 2. The summed E-state index contributed by atoms with van der Waals surface area (Å²) in [7, 11) is 0. The van der Waals surface area contributed by atoms with Crippen molar-refractivity contribution < 1.29 is 4.39 Å². The summed E-state index contributed by atoms with van der Waals surface area (Å²) in [5.74, 6) is 1.50. The summed E-state index contributed by atoms with van der Waals surface area (Å²) in [6.07, 6.45) is 2.01. The molecule has 1 aromatic heterocycles. The minimum Gasteiger partial charge on any atom is -0.341 e. The first-order valence-corrected chi connectivity index (χ1v) is 5.32. The third-order valence-corrected chi connectivity index (χ3v) is 2.34. The molecule has 1 N–H and O–H groups in total. The van der Waals surface area contributed by atoms with E-state index < -0.39 is 0 Å². The van der Waals surface area contributed by atoms with Crippen LogP contribution in [0.25, 0.3) is 11.0 Å². The zero-order chi connectivity index (χ0) is 9.26. The fourth-order valence-corrected chi connectivity index (χ4v) is 1.65. The van der Waals surface area contributed by atoms with E-state index in [1.54, 1.807) is 17.8 Å². The van der Waals surface area contributed by atoms with E-state index in [1.807, 2.05) is 6.26 Å². The van der Waals surface area contributed by atoms with E-state index in [9.17, 15) is 4.39 Å². The second-order valence-corrected chi connectivity index (χ2v) is 3.64. The quantitative estimate of drug-likeness (QED) is 0.799. The summed E-state index contributed by atoms with van der Waals surface area (Å²) in [5.41, 5.74) is 1.59. The average molecular weight is 196 g/mol. The van der Waals surface area contributed by atoms with Gasteiger partial charge in [-0.15, -0.1) is 0 Å². The van der Waals surface area contributed by atoms with Gasteiger partial charge in [0.2, 0.25) is 0 Å². The third kappa shape index (κ3) is 1.67. The highest BCUT2D eigenvalue weighted by Gasteiger charge is 2.02. The lowest BCUT2D eigenvalue weighted by Crippen LogP contribution is -1.80. The van der Waals surface area contributed by atoms with Crippen molar-refractivity contribution in [2.24, 2.45) is 0 Å². The summed E-state index contributed by atoms with van der Waals surface area (Å²) >= 11 is 1.69. The lowest BCUT2D eigenvalue weighted by molar-refractivity contribution is 0.629. The molecule has 0 aliphatic rings. The Labute approximate surface area is 79.6 Å². The minimum atomic E-state index is -0.230. The van der Waals surface area contributed by atoms with E-state index in [1.165, 1.54) is 12.1 Å². The molecule has 0 radical (unpaired) electrons. The van der Waals surface area contributed by atoms with Crippen molar-refractivity contribution in [3.63, 3.8) is 0 Å². The second kappa shape index (κ2) is 3.38. The van der Waals surface area contributed by atoms with Crippen molar-refractivity contribution in [2.45, 2.75) is 5.75 Å². The number of benzene rings is 1. The Kier molecular flexibility index (Phi) is 2.22. The molecule has 0 aliphatic heterocycles. The van der Waals surface area contributed by atoms with Crippen LogP contribution < -0.4 is 0 Å². The fourth-order valence-electron chi connectivity index (χ4n) is 1.24. The van der Waals surface area contributed by atoms with Crippen LogP contribution >= 0.6 is 11.8 Å². The number of halogens is 1. The SMILES string of the molecule is CSCc1nc2ccc(F)cc2[nH]1. The zero-order valence-electron chi connectivity index (χ0n) is 7.17. The Bertz CT molecular complexity index is 424. The van der Waals surface area contributed by atoms with E-state index >= 15 is 0 Å². The molecule has 1 heterocycles. The smallest absolute Gasteiger partial charge is 0.125 e. The molecular formula is C9H9FN2S. The molecule has 0 saturated carbocycles. The standard InChI is InChI=1S/C9H9FN2S/c1-13-5-9-11-7-3-2-6(10)4-8(7)12-9/h2-4H,5H2,1H3,(H,11,12). The number of thioether (sulfide) groups is 1. The summed E-state index contributed by atoms with van der Waals surface area (Å²) in [6.45, 7) is 0. The number of imidazole rings is 1. The molecule has 2 aromatic rings. The number of hydrogen-bond acceptors (Lipinski definition) is 2. The topological polar surface area (TPSA) is 28.7 Å². The largest absolute Gasteiger partial charge is 0.341 e. The van der Waals surface area contributed by atoms with Gasteiger partial charge in [-0.05, 0) is 24.5 Å². The molecule has 0 spiro atoms. The van der Waals surface area contributed by atoms with Gasteiger partial charge >= 0.3 is 0 Å². The van der Waals surface area contributed by atoms with Crippen molar-refractivity contribution in [3.05, 3.63) is 29.8 Å². The molecule has 0 aliphatic carbocycles. The Hall–Kier alpha value is -1.03. The summed E-state index contributed by atoms with van der Waals surface area (Å²) in [4.78, 5) is 7.37. The first-order valence-electron chi connectivity index (χ1n) is 3.92. The predicted octanol–water partition coefficient (Wildman–Crippen LogP) is 2.56. The number of nitrogens with zero attached hydrogens (tertiary/aromatic N) is 1. The average Bonchev–Trinajstić information content (AvgIpc) is 2.46. The normalized spacial score (nSPS) is 10.9. The first kappa shape index (κ1) is 8.56. The molecule has 0 saturated heterocycles. The highest BCUT2D eigenvalue weighted by Crippen LogP contribution is 2.14. The van der Waals surface area contributed by atoms with Crippen LogP contribution in [0, 0.1) is 5.82 Å². The van der Waals surface area contributed by atoms with Crippen LogP contribution in [-0.4, -0.2) is 16.2 Å². The Morgan fingerprint density at radius 1 is 1.54 bits per heavy atom. The van der Waals surface area contributed by atoms with Crippen LogP contribution in [0.2, 0.25) is 0 Å². The van der Waals surface area contributed by atoms with Crippen LogP contribution in [-0.2, 0) is 5.75 Å². The third-order valence-electron chi connectivity index (χ3n) is 1.77. The maximum atomic E-state index is 12.8. The van der Waals surface area contributed by atoms with E-state index in [0.717, 1.165) is 22.6 Å². The van der Waals surface area contributed by atoms with E-state index in [0.29, 0.717) is 0 Å². The first-order chi connectivity index (χ1) is 6.29. The van der Waals surface area contributed by atoms with E-state index in [-0.39, 0.29) is 5.82 Å². The molecule has 13 heavy (non-hydrogen) atoms. The summed E-state index contributed by atoms with van der Waals surface area (Å²) in [6, 6.07) is 4.57. The van der Waals surface area contributed by atoms with Crippen molar-refractivity contribution in [2.75, 3.05) is 6.26 Å². The predicted molar refractivity (Wildman–Crippen MR) is 53.3 cm³/mol. The van der Waals surface area contributed by atoms with Crippen molar-refractivity contribution in [1.29, 1.82) is 0 Å². The molecule has 4 heteroatoms. The number of fused-ring (bicyclic) bond motifs is 1. The van der Waals surface area contributed by atoms with Crippen LogP contribution in [0.15, 0.2) is 18.2 Å². The molecule has 0 amide bonds. The van der Waals surface area contributed by atoms with Gasteiger partial charge in [0.05, 0.1) is 16.8 Å². The van der Waals surface area contributed by atoms with Crippen molar-refractivity contribution >= 4 is 22.8 Å². The summed E-state index contributed by atoms with van der Waals surface area (Å²) < 4.78 is 12.8. The molecule has 0 unspecified atom stereocenters. The van der Waals surface area contributed by atoms with E-state index in [4.69, 9.17) is 0 Å². The molecule has 0 atom stereocenters. The molecule has 1 aromatic carbocycles. The number of aromatic amines is 1. The molecule has 0 fully saturated rings. The van der Waals surface area contributed by atoms with Gasteiger partial charge in [-0.1, -0.05) is 0 Å². The monoisotopic (exact) mass is 196 g/mol. The van der Waals surface area contributed by atoms with Gasteiger partial charge in [0.15, 0.2) is 0 Å². The van der Waals surface area contributed by atoms with Crippen molar-refractivity contribution in [3.8, 4) is 0 Å². The van der Waals surface area contributed by atoms with Gasteiger partial charge in [0, 0.05) is 0 Å². The van der Waals surface area contributed by atoms with Gasteiger partial charge in [-0.25, -0.2) is 9.37 Å². The number of nitrogens with one attached hydrogen (secondary N) is 1. The molecule has 2 rings (SSSR count). The van der Waals surface area contributed by atoms with Gasteiger partial charge in [0.25, 0.3) is 0 Å². The number of rotatable bonds is 2. The highest BCUT2D eigenvalue weighted by molar-refractivity contribution is 7.97. The van der Waals surface area contributed by atoms with Gasteiger partial charge in [0.1, 0.15) is 11.6 Å². The highest BCUT2D eigenvalue weighted by atomic mass is 32.2. The van der Waals surface area contributed by atoms with Gasteiger partial charge in [-0.2, -0.15) is 11.8 Å². The number of hydrogen-bond donors (Lipinski definition) is 1. The molecular weight excluding hydrogens is 187 g/mol. The van der Waals surface area contributed by atoms with Crippen molar-refractivity contribution in [1.82, 2.24) is 9.97 Å². The molecule has 68 valence electrons. The summed E-state index contributed by atoms with van der Waals surface area (Å²) in [5, 5.41) is 0. The van der Waals surface area contributed by atoms with Crippen LogP contribution in [0.1, 0.15) is 5.82 Å². The molecule has 0 bridgehead atoms. The maximum Gasteiger partial charge on any atom is 0.125 e. The lowest BCUT2D eigenvalue weighted by atomic mass is 10.3. The van der Waals surface area contributed by atoms with Gasteiger partial charge in [-0.3, -0.25) is 0 Å². The molecule has 2 nitrogen and oxygen atoms in total. The van der Waals surface area contributed by atoms with E-state index in [2.05, 4.69) is 9.97 Å². The van der Waals surface area contributed by atoms with Crippen LogP contribution in [0.3, 0.4) is 0 Å². The van der Waals surface area contributed by atoms with Gasteiger partial charge < -0.3 is 4.98 Å². The maximum absolute atomic E-state index is 12.8. The Balaban J connectivity index is 2.49. The Morgan fingerprint density at radius 2 is 2.38 bits per heavy atom. The van der Waals surface area contributed by atoms with Crippen LogP contribution in [0.4, 0.5) is 4.39 Å².